The lowest BCUT2D eigenvalue weighted by Gasteiger charge is -2.42. The lowest BCUT2D eigenvalue weighted by atomic mass is 9.83. The number of hydrogen-bond acceptors (Lipinski definition) is 19. The molecule has 8 atom stereocenters. The molecule has 0 saturated carbocycles. The second-order valence-electron chi connectivity index (χ2n) is 39.4. The van der Waals surface area contributed by atoms with Gasteiger partial charge in [-0.2, -0.15) is 0 Å². The van der Waals surface area contributed by atoms with Crippen molar-refractivity contribution in [3.8, 4) is 11.1 Å². The number of ether oxygens (including phenoxy) is 5. The normalized spacial score (nSPS) is 21.1. The third-order valence-electron chi connectivity index (χ3n) is 27.3. The lowest BCUT2D eigenvalue weighted by molar-refractivity contribution is -0.162. The number of Topliss-reactive ketones (excluding diaryl/α,β-unsaturated/α-hetero) is 1. The summed E-state index contributed by atoms with van der Waals surface area (Å²) in [5.74, 6) is -4.40. The number of allylic oxidation sites excluding steroid dienone is 3. The molecule has 0 radical (unpaired) electrons. The Labute approximate surface area is 754 Å². The molecule has 692 valence electrons. The standard InChI is InChI=1S/C95H140ClN9O18Si3/c1-63-33-32-40-79(116-19)95(115)58-78(121-89(113)97-95)65(3)87-94(14,123-87)80(57-83(109)100(17)77-55-67(53-63)54-64(2)86(77)96)122-88(112)66(4)99(16)81(107)44-45-102(47-50-118-124(20,21)91(5,6)7)84(110)60-104(49-52-120-126(24,25)93(11,12)13)85(111)61-103(48-51-119-125(22,23)92(8,9)10)82(108)42-41-70(106)43-46-105-69(56-68-34-26-31-39-76(68)105)59-98(15)101(18)90(114)117-62-75-73-37-29-27-35-71(73)72-36-28-30-38-74(72)75/h26-40,54-56,65-66,75,78-80,87,115H,41-53,57-62H2,1-25H3,(H,97,113)/b40-32+,63-33+/t65-,66+,78+,79-,80+,87?,94+,95-/m1/s1. The number of halogens is 1. The van der Waals surface area contributed by atoms with Gasteiger partial charge in [-0.05, 0) is 145 Å². The molecule has 7 amide bonds. The zero-order chi connectivity index (χ0) is 93.3. The molecule has 2 N–H and O–H groups in total. The van der Waals surface area contributed by atoms with Crippen LogP contribution in [0.15, 0.2) is 115 Å². The van der Waals surface area contributed by atoms with Crippen LogP contribution in [0.2, 0.25) is 59.4 Å². The molecule has 4 aliphatic rings. The third kappa shape index (κ3) is 24.8. The van der Waals surface area contributed by atoms with Gasteiger partial charge in [0.15, 0.2) is 30.7 Å². The maximum atomic E-state index is 15.4. The van der Waals surface area contributed by atoms with Crippen LogP contribution in [-0.2, 0) is 90.0 Å². The third-order valence-corrected chi connectivity index (χ3v) is 41.5. The predicted molar refractivity (Wildman–Crippen MR) is 498 cm³/mol. The van der Waals surface area contributed by atoms with E-state index in [2.05, 4.69) is 136 Å². The van der Waals surface area contributed by atoms with Crippen LogP contribution in [0.3, 0.4) is 0 Å². The summed E-state index contributed by atoms with van der Waals surface area (Å²) in [7, 11) is 0.602. The van der Waals surface area contributed by atoms with Crippen molar-refractivity contribution in [2.24, 2.45) is 5.92 Å². The average Bonchev–Trinajstić information content (AvgIpc) is 1.56. The first-order chi connectivity index (χ1) is 58.7. The Morgan fingerprint density at radius 2 is 1.24 bits per heavy atom. The van der Waals surface area contributed by atoms with E-state index < -0.39 is 140 Å². The molecule has 27 nitrogen and oxygen atoms in total. The molecule has 1 aromatic heterocycles. The van der Waals surface area contributed by atoms with E-state index in [0.717, 1.165) is 50.0 Å². The van der Waals surface area contributed by atoms with Crippen molar-refractivity contribution < 1.29 is 85.2 Å². The van der Waals surface area contributed by atoms with Crippen molar-refractivity contribution in [3.63, 3.8) is 0 Å². The molecule has 126 heavy (non-hydrogen) atoms. The van der Waals surface area contributed by atoms with Crippen LogP contribution in [0.1, 0.15) is 162 Å². The fourth-order valence-electron chi connectivity index (χ4n) is 15.6. The molecule has 2 saturated heterocycles. The van der Waals surface area contributed by atoms with Gasteiger partial charge < -0.3 is 71.1 Å². The number of likely N-dealkylation sites (N-methyl/N-ethyl adjacent to an activating group) is 1. The van der Waals surface area contributed by atoms with Crippen LogP contribution in [0.5, 0.6) is 0 Å². The monoisotopic (exact) mass is 1810 g/mol. The Morgan fingerprint density at radius 3 is 1.81 bits per heavy atom. The van der Waals surface area contributed by atoms with E-state index in [1.54, 1.807) is 52.2 Å². The number of nitrogens with zero attached hydrogens (tertiary/aromatic N) is 8. The number of carbonyl (C=O) groups is 9. The minimum absolute atomic E-state index is 0.00516. The highest BCUT2D eigenvalue weighted by Gasteiger charge is 2.65. The minimum atomic E-state index is -2.46. The number of aliphatic hydroxyl groups is 1. The Morgan fingerprint density at radius 1 is 0.698 bits per heavy atom. The molecular weight excluding hydrogens is 1670 g/mol. The smallest absolute Gasteiger partial charge is 0.424 e. The van der Waals surface area contributed by atoms with Crippen molar-refractivity contribution >= 4 is 107 Å². The Bertz CT molecular complexity index is 4780. The number of para-hydroxylation sites is 1. The van der Waals surface area contributed by atoms with Gasteiger partial charge in [0.2, 0.25) is 29.5 Å². The number of carbonyl (C=O) groups excluding carboxylic acids is 9. The number of epoxide rings is 1. The highest BCUT2D eigenvalue weighted by molar-refractivity contribution is 6.75. The summed E-state index contributed by atoms with van der Waals surface area (Å²) in [6.45, 7) is 40.1. The molecule has 3 aliphatic heterocycles. The van der Waals surface area contributed by atoms with Crippen LogP contribution in [0.4, 0.5) is 15.3 Å². The van der Waals surface area contributed by atoms with Gasteiger partial charge in [0.25, 0.3) is 0 Å². The second kappa shape index (κ2) is 41.6. The van der Waals surface area contributed by atoms with Gasteiger partial charge in [0, 0.05) is 123 Å². The van der Waals surface area contributed by atoms with Crippen LogP contribution in [0.25, 0.3) is 22.0 Å². The zero-order valence-corrected chi connectivity index (χ0v) is 83.0. The summed E-state index contributed by atoms with van der Waals surface area (Å²) in [5, 5.41) is 18.6. The van der Waals surface area contributed by atoms with Crippen LogP contribution in [0, 0.1) is 12.8 Å². The fourth-order valence-corrected chi connectivity index (χ4v) is 19.0. The van der Waals surface area contributed by atoms with Crippen molar-refractivity contribution in [2.75, 3.05) is 106 Å². The van der Waals surface area contributed by atoms with E-state index >= 15 is 9.59 Å². The summed E-state index contributed by atoms with van der Waals surface area (Å²) in [6, 6.07) is 28.7. The number of aryl methyl sites for hydroxylation is 2. The Hall–Kier alpha value is -8.41. The molecule has 1 unspecified atom stereocenters. The average molecular weight is 1820 g/mol. The summed E-state index contributed by atoms with van der Waals surface area (Å²) in [4.78, 5) is 139. The first-order valence-corrected chi connectivity index (χ1v) is 53.2. The van der Waals surface area contributed by atoms with Crippen molar-refractivity contribution in [3.05, 3.63) is 148 Å². The number of alkyl carbamates (subject to hydrolysis) is 1. The maximum absolute atomic E-state index is 15.4. The topological polar surface area (TPSA) is 291 Å². The zero-order valence-electron chi connectivity index (χ0n) is 79.2. The van der Waals surface area contributed by atoms with Gasteiger partial charge in [-0.3, -0.25) is 34.1 Å². The molecule has 31 heteroatoms. The number of anilines is 1. The van der Waals surface area contributed by atoms with E-state index in [1.807, 2.05) is 86.7 Å². The number of fused-ring (bicyclic) bond motifs is 9. The number of amides is 7. The molecule has 5 aromatic rings. The van der Waals surface area contributed by atoms with Gasteiger partial charge in [-0.15, -0.1) is 0 Å². The molecule has 4 heterocycles. The molecule has 0 spiro atoms. The number of rotatable bonds is 34. The first-order valence-electron chi connectivity index (χ1n) is 44.1. The van der Waals surface area contributed by atoms with Gasteiger partial charge in [0.1, 0.15) is 42.3 Å². The number of ketones is 1. The van der Waals surface area contributed by atoms with Crippen molar-refractivity contribution in [2.45, 2.75) is 257 Å². The maximum Gasteiger partial charge on any atom is 0.424 e. The molecule has 4 bridgehead atoms. The summed E-state index contributed by atoms with van der Waals surface area (Å²) in [6.07, 6.45) is -0.891. The second-order valence-corrected chi connectivity index (χ2v) is 54.2. The molecule has 1 aliphatic carbocycles. The Balaban J connectivity index is 0.914. The number of esters is 1. The van der Waals surface area contributed by atoms with Crippen molar-refractivity contribution in [1.29, 1.82) is 0 Å². The fraction of sp³-hybridized carbons (Fsp3) is 0.589. The summed E-state index contributed by atoms with van der Waals surface area (Å²) < 4.78 is 52.6. The number of benzene rings is 4. The quantitative estimate of drug-likeness (QED) is 0.0127. The van der Waals surface area contributed by atoms with Gasteiger partial charge >= 0.3 is 18.2 Å². The van der Waals surface area contributed by atoms with Crippen LogP contribution < -0.4 is 10.2 Å². The predicted octanol–water partition coefficient (Wildman–Crippen LogP) is 15.4. The van der Waals surface area contributed by atoms with Gasteiger partial charge in [-0.1, -0.05) is 177 Å². The van der Waals surface area contributed by atoms with E-state index in [0.29, 0.717) is 29.2 Å². The highest BCUT2D eigenvalue weighted by atomic mass is 35.5. The van der Waals surface area contributed by atoms with E-state index in [4.69, 9.17) is 48.6 Å². The van der Waals surface area contributed by atoms with E-state index in [1.165, 1.54) is 50.6 Å². The van der Waals surface area contributed by atoms with Crippen molar-refractivity contribution in [1.82, 2.24) is 39.5 Å². The van der Waals surface area contributed by atoms with Crippen LogP contribution >= 0.6 is 11.6 Å². The summed E-state index contributed by atoms with van der Waals surface area (Å²) in [5.41, 5.74) is 5.82. The van der Waals surface area contributed by atoms with E-state index in [-0.39, 0.29) is 118 Å². The number of nitrogens with one attached hydrogen (secondary N) is 1. The first kappa shape index (κ1) is 101. The number of methoxy groups -OCH3 is 1. The largest absolute Gasteiger partial charge is 0.457 e. The Kier molecular flexibility index (Phi) is 33.4. The minimum Gasteiger partial charge on any atom is -0.457 e. The van der Waals surface area contributed by atoms with E-state index in [9.17, 15) is 38.7 Å². The molecule has 9 rings (SSSR count). The number of hydrazine groups is 1. The molecule has 2 fully saturated rings. The van der Waals surface area contributed by atoms with Gasteiger partial charge in [0.05, 0.1) is 62.7 Å². The highest BCUT2D eigenvalue weighted by Crippen LogP contribution is 2.50. The number of hydrogen-bond donors (Lipinski definition) is 2. The van der Waals surface area contributed by atoms with Crippen LogP contribution in [-0.4, -0.2) is 260 Å². The molecular formula is C95H140ClN9O18Si3. The lowest BCUT2D eigenvalue weighted by Crippen LogP contribution is -2.63. The molecule has 4 aromatic carbocycles. The summed E-state index contributed by atoms with van der Waals surface area (Å²) >= 11 is 6.99. The SMILES string of the molecule is CO[C@@H]1/C=C/C=C(\C)Cc2cc(C)c(Cl)c(c2)N(C)C(=O)C[C@H](OC(=O)[C@H](C)N(C)C(=O)CCN(CCO[Si](C)(C)C(C)(C)C)C(=O)CN(CCO[Si](C)(C)C(C)(C)C)C(=O)CN(CCO[Si](C)(C)C(C)(C)C)C(=O)CCC(=O)CCn2c(CN(C)N(C)C(=O)OCC3c4ccccc4-c4ccccc43)cc3ccccc32)[C@]2(C)OC2[C@H](C)[C@@H]2C[C@]1(O)NC(=O)O2. The number of aromatic nitrogens is 1. The van der Waals surface area contributed by atoms with Gasteiger partial charge in [-0.25, -0.2) is 24.4 Å².